The second-order valence-electron chi connectivity index (χ2n) is 5.99. The molecule has 0 radical (unpaired) electrons. The van der Waals surface area contributed by atoms with Crippen molar-refractivity contribution in [3.8, 4) is 6.07 Å². The first kappa shape index (κ1) is 18.4. The predicted molar refractivity (Wildman–Crippen MR) is 105 cm³/mol. The molecule has 0 spiro atoms. The van der Waals surface area contributed by atoms with E-state index in [4.69, 9.17) is 5.26 Å². The van der Waals surface area contributed by atoms with Crippen molar-refractivity contribution in [3.63, 3.8) is 0 Å². The van der Waals surface area contributed by atoms with Gasteiger partial charge in [0.2, 0.25) is 5.91 Å². The molecule has 5 nitrogen and oxygen atoms in total. The minimum Gasteiger partial charge on any atom is -0.341 e. The van der Waals surface area contributed by atoms with E-state index in [1.807, 2.05) is 12.1 Å². The van der Waals surface area contributed by atoms with Gasteiger partial charge in [-0.2, -0.15) is 5.26 Å². The van der Waals surface area contributed by atoms with Crippen LogP contribution in [0.3, 0.4) is 0 Å². The van der Waals surface area contributed by atoms with Crippen LogP contribution in [-0.4, -0.2) is 33.6 Å². The summed E-state index contributed by atoms with van der Waals surface area (Å²) in [6.45, 7) is 4.66. The molecule has 0 saturated carbocycles. The zero-order chi connectivity index (χ0) is 18.7. The summed E-state index contributed by atoms with van der Waals surface area (Å²) in [6.07, 6.45) is 1.56. The molecule has 0 fully saturated rings. The molecule has 1 aromatic carbocycles. The number of nitriles is 1. The molecule has 1 amide bonds. The summed E-state index contributed by atoms with van der Waals surface area (Å²) in [7, 11) is 1.79. The van der Waals surface area contributed by atoms with Gasteiger partial charge < -0.3 is 4.90 Å². The van der Waals surface area contributed by atoms with Gasteiger partial charge in [0.25, 0.3) is 0 Å². The van der Waals surface area contributed by atoms with E-state index in [1.54, 1.807) is 41.7 Å². The van der Waals surface area contributed by atoms with Crippen LogP contribution in [0.1, 0.15) is 21.6 Å². The van der Waals surface area contributed by atoms with Gasteiger partial charge >= 0.3 is 0 Å². The molecule has 2 aromatic heterocycles. The largest absolute Gasteiger partial charge is 0.341 e. The average Bonchev–Trinajstić information content (AvgIpc) is 2.95. The molecule has 0 aliphatic heterocycles. The van der Waals surface area contributed by atoms with Crippen LogP contribution in [0.2, 0.25) is 0 Å². The zero-order valence-corrected chi connectivity index (χ0v) is 16.4. The number of amides is 1. The monoisotopic (exact) mass is 382 g/mol. The number of benzene rings is 1. The van der Waals surface area contributed by atoms with Crippen molar-refractivity contribution in [1.29, 1.82) is 5.26 Å². The number of hydrogen-bond donors (Lipinski definition) is 0. The van der Waals surface area contributed by atoms with E-state index in [-0.39, 0.29) is 5.91 Å². The van der Waals surface area contributed by atoms with Gasteiger partial charge in [0.15, 0.2) is 0 Å². The number of thiophene rings is 1. The topological polar surface area (TPSA) is 69.9 Å². The highest BCUT2D eigenvalue weighted by Crippen LogP contribution is 2.34. The summed E-state index contributed by atoms with van der Waals surface area (Å²) in [5.74, 6) is 0.364. The van der Waals surface area contributed by atoms with Gasteiger partial charge in [0.1, 0.15) is 16.2 Å². The number of nitrogens with zero attached hydrogens (tertiary/aromatic N) is 4. The predicted octanol–water partition coefficient (Wildman–Crippen LogP) is 3.93. The normalized spacial score (nSPS) is 10.7. The lowest BCUT2D eigenvalue weighted by molar-refractivity contribution is -0.127. The van der Waals surface area contributed by atoms with Gasteiger partial charge in [-0.25, -0.2) is 9.97 Å². The molecule has 7 heteroatoms. The SMILES string of the molecule is Cc1sc2ncnc(SCC(=O)N(C)Cc3ccc(C#N)cc3)c2c1C. The fourth-order valence-corrected chi connectivity index (χ4v) is 4.60. The fraction of sp³-hybridized carbons (Fsp3) is 0.263. The van der Waals surface area contributed by atoms with Gasteiger partial charge in [-0.15, -0.1) is 11.3 Å². The number of hydrogen-bond acceptors (Lipinski definition) is 6. The molecule has 3 rings (SSSR count). The maximum absolute atomic E-state index is 12.5. The lowest BCUT2D eigenvalue weighted by atomic mass is 10.1. The molecule has 26 heavy (non-hydrogen) atoms. The summed E-state index contributed by atoms with van der Waals surface area (Å²) < 4.78 is 0. The van der Waals surface area contributed by atoms with Gasteiger partial charge in [0, 0.05) is 23.9 Å². The van der Waals surface area contributed by atoms with Crippen molar-refractivity contribution in [2.24, 2.45) is 0 Å². The summed E-state index contributed by atoms with van der Waals surface area (Å²) in [5, 5.41) is 10.8. The van der Waals surface area contributed by atoms with Crippen LogP contribution in [-0.2, 0) is 11.3 Å². The van der Waals surface area contributed by atoms with E-state index >= 15 is 0 Å². The first-order valence-corrected chi connectivity index (χ1v) is 9.86. The highest BCUT2D eigenvalue weighted by Gasteiger charge is 2.15. The van der Waals surface area contributed by atoms with E-state index in [1.165, 1.54) is 22.2 Å². The lowest BCUT2D eigenvalue weighted by Crippen LogP contribution is -2.27. The highest BCUT2D eigenvalue weighted by atomic mass is 32.2. The number of carbonyl (C=O) groups excluding carboxylic acids is 1. The van der Waals surface area contributed by atoms with Crippen LogP contribution in [0.4, 0.5) is 0 Å². The molecule has 0 bridgehead atoms. The Morgan fingerprint density at radius 1 is 1.27 bits per heavy atom. The summed E-state index contributed by atoms with van der Waals surface area (Å²) >= 11 is 3.11. The Kier molecular flexibility index (Phi) is 5.55. The molecule has 3 aromatic rings. The fourth-order valence-electron chi connectivity index (χ4n) is 2.55. The second kappa shape index (κ2) is 7.85. The molecule has 0 saturated heterocycles. The Morgan fingerprint density at radius 2 is 2.00 bits per heavy atom. The maximum atomic E-state index is 12.5. The molecular formula is C19H18N4OS2. The Balaban J connectivity index is 1.66. The maximum Gasteiger partial charge on any atom is 0.233 e. The van der Waals surface area contributed by atoms with Gasteiger partial charge in [-0.1, -0.05) is 23.9 Å². The average molecular weight is 383 g/mol. The van der Waals surface area contributed by atoms with Crippen LogP contribution >= 0.6 is 23.1 Å². The first-order chi connectivity index (χ1) is 12.5. The minimum atomic E-state index is 0.0377. The number of rotatable bonds is 5. The number of thioether (sulfide) groups is 1. The molecule has 0 unspecified atom stereocenters. The standard InChI is InChI=1S/C19H18N4OS2/c1-12-13(2)26-19-17(12)18(21-11-22-19)25-10-16(24)23(3)9-15-6-4-14(8-20)5-7-15/h4-7,11H,9-10H2,1-3H3. The smallest absolute Gasteiger partial charge is 0.233 e. The molecule has 132 valence electrons. The van der Waals surface area contributed by atoms with Crippen molar-refractivity contribution in [3.05, 3.63) is 52.2 Å². The summed E-state index contributed by atoms with van der Waals surface area (Å²) in [6, 6.07) is 9.38. The third-order valence-electron chi connectivity index (χ3n) is 4.19. The molecule has 0 N–H and O–H groups in total. The van der Waals surface area contributed by atoms with E-state index in [9.17, 15) is 4.79 Å². The van der Waals surface area contributed by atoms with Crippen molar-refractivity contribution in [1.82, 2.24) is 14.9 Å². The van der Waals surface area contributed by atoms with Crippen molar-refractivity contribution < 1.29 is 4.79 Å². The van der Waals surface area contributed by atoms with Crippen molar-refractivity contribution in [2.45, 2.75) is 25.4 Å². The van der Waals surface area contributed by atoms with Crippen LogP contribution in [0.5, 0.6) is 0 Å². The third-order valence-corrected chi connectivity index (χ3v) is 6.28. The molecular weight excluding hydrogens is 364 g/mol. The van der Waals surface area contributed by atoms with E-state index < -0.39 is 0 Å². The van der Waals surface area contributed by atoms with Crippen molar-refractivity contribution in [2.75, 3.05) is 12.8 Å². The summed E-state index contributed by atoms with van der Waals surface area (Å²) in [4.78, 5) is 25.1. The number of carbonyl (C=O) groups is 1. The van der Waals surface area contributed by atoms with E-state index in [2.05, 4.69) is 29.9 Å². The number of fused-ring (bicyclic) bond motifs is 1. The summed E-state index contributed by atoms with van der Waals surface area (Å²) in [5.41, 5.74) is 2.80. The van der Waals surface area contributed by atoms with Gasteiger partial charge in [-0.3, -0.25) is 4.79 Å². The van der Waals surface area contributed by atoms with Gasteiger partial charge in [-0.05, 0) is 37.1 Å². The minimum absolute atomic E-state index is 0.0377. The van der Waals surface area contributed by atoms with E-state index in [0.717, 1.165) is 20.8 Å². The van der Waals surface area contributed by atoms with Crippen molar-refractivity contribution >= 4 is 39.2 Å². The zero-order valence-electron chi connectivity index (χ0n) is 14.8. The Morgan fingerprint density at radius 3 is 2.69 bits per heavy atom. The molecule has 0 atom stereocenters. The highest BCUT2D eigenvalue weighted by molar-refractivity contribution is 8.00. The van der Waals surface area contributed by atoms with E-state index in [0.29, 0.717) is 17.9 Å². The number of aromatic nitrogens is 2. The molecule has 2 heterocycles. The Labute approximate surface area is 160 Å². The Bertz CT molecular complexity index is 989. The van der Waals surface area contributed by atoms with Crippen LogP contribution in [0, 0.1) is 25.2 Å². The van der Waals surface area contributed by atoms with Crippen LogP contribution in [0.25, 0.3) is 10.2 Å². The van der Waals surface area contributed by atoms with Crippen LogP contribution in [0.15, 0.2) is 35.6 Å². The van der Waals surface area contributed by atoms with Gasteiger partial charge in [0.05, 0.1) is 17.4 Å². The second-order valence-corrected chi connectivity index (χ2v) is 8.16. The lowest BCUT2D eigenvalue weighted by Gasteiger charge is -2.17. The Hall–Kier alpha value is -2.43. The number of aryl methyl sites for hydroxylation is 2. The quantitative estimate of drug-likeness (QED) is 0.494. The third kappa shape index (κ3) is 3.87. The first-order valence-electron chi connectivity index (χ1n) is 8.06. The van der Waals surface area contributed by atoms with Crippen LogP contribution < -0.4 is 0 Å². The molecule has 0 aliphatic rings. The molecule has 0 aliphatic carbocycles.